The largest absolute Gasteiger partial charge is 0.460 e. The van der Waals surface area contributed by atoms with Gasteiger partial charge in [-0.1, -0.05) is 12.1 Å². The van der Waals surface area contributed by atoms with Crippen molar-refractivity contribution >= 4 is 21.9 Å². The van der Waals surface area contributed by atoms with Crippen molar-refractivity contribution in [1.29, 1.82) is 0 Å². The molecule has 8 heteroatoms. The molecule has 0 aliphatic carbocycles. The molecule has 168 valence electrons. The number of rotatable bonds is 8. The van der Waals surface area contributed by atoms with Crippen LogP contribution in [-0.2, 0) is 30.8 Å². The lowest BCUT2D eigenvalue weighted by atomic mass is 10.1. The van der Waals surface area contributed by atoms with Gasteiger partial charge in [-0.2, -0.15) is 4.31 Å². The van der Waals surface area contributed by atoms with E-state index in [1.54, 1.807) is 24.3 Å². The Morgan fingerprint density at radius 1 is 1.17 bits per heavy atom. The smallest absolute Gasteiger partial charge is 0.306 e. The van der Waals surface area contributed by atoms with E-state index < -0.39 is 21.7 Å². The number of hydrogen-bond donors (Lipinski definition) is 1. The number of likely N-dealkylation sites (N-methyl/N-ethyl adjacent to an activating group) is 1. The van der Waals surface area contributed by atoms with Crippen molar-refractivity contribution in [2.45, 2.75) is 82.3 Å². The van der Waals surface area contributed by atoms with Crippen LogP contribution in [0.1, 0.15) is 64.9 Å². The lowest BCUT2D eigenvalue weighted by Gasteiger charge is -2.25. The molecule has 1 amide bonds. The first-order valence-corrected chi connectivity index (χ1v) is 12.0. The van der Waals surface area contributed by atoms with Crippen molar-refractivity contribution < 1.29 is 22.7 Å². The molecule has 30 heavy (non-hydrogen) atoms. The van der Waals surface area contributed by atoms with E-state index in [9.17, 15) is 18.0 Å². The standard InChI is InChI=1S/C22H34N2O5S/c1-22(2,3)29-20(25)11-6-5-9-17-12-14-18(15-13-17)30(27,28)24(4)19-10-7-8-16-23-21(19)26/h12-15,19H,5-11,16H2,1-4H3,(H,23,26). The molecule has 1 heterocycles. The molecule has 7 nitrogen and oxygen atoms in total. The Morgan fingerprint density at radius 3 is 2.47 bits per heavy atom. The number of nitrogens with one attached hydrogen (secondary N) is 1. The number of carbonyl (C=O) groups excluding carboxylic acids is 2. The molecular weight excluding hydrogens is 404 g/mol. The second-order valence-corrected chi connectivity index (χ2v) is 10.8. The third kappa shape index (κ3) is 7.09. The fourth-order valence-corrected chi connectivity index (χ4v) is 4.77. The number of carbonyl (C=O) groups is 2. The Morgan fingerprint density at radius 2 is 1.83 bits per heavy atom. The maximum atomic E-state index is 12.9. The molecule has 1 aromatic carbocycles. The molecule has 1 aliphatic rings. The third-order valence-electron chi connectivity index (χ3n) is 5.06. The van der Waals surface area contributed by atoms with Crippen molar-refractivity contribution in [3.05, 3.63) is 29.8 Å². The predicted octanol–water partition coefficient (Wildman–Crippen LogP) is 3.03. The van der Waals surface area contributed by atoms with Crippen molar-refractivity contribution in [3.63, 3.8) is 0 Å². The molecule has 0 aromatic heterocycles. The van der Waals surface area contributed by atoms with Crippen LogP contribution in [0.2, 0.25) is 0 Å². The minimum absolute atomic E-state index is 0.180. The van der Waals surface area contributed by atoms with Crippen LogP contribution in [0.15, 0.2) is 29.2 Å². The minimum Gasteiger partial charge on any atom is -0.460 e. The summed E-state index contributed by atoms with van der Waals surface area (Å²) in [6.07, 6.45) is 4.85. The number of esters is 1. The topological polar surface area (TPSA) is 92.8 Å². The van der Waals surface area contributed by atoms with Gasteiger partial charge in [0.05, 0.1) is 4.90 Å². The summed E-state index contributed by atoms with van der Waals surface area (Å²) in [7, 11) is -2.28. The van der Waals surface area contributed by atoms with Gasteiger partial charge in [0.2, 0.25) is 15.9 Å². The van der Waals surface area contributed by atoms with Gasteiger partial charge in [0.15, 0.2) is 0 Å². The zero-order chi connectivity index (χ0) is 22.4. The molecule has 1 atom stereocenters. The van der Waals surface area contributed by atoms with Crippen LogP contribution >= 0.6 is 0 Å². The van der Waals surface area contributed by atoms with Crippen LogP contribution in [0.25, 0.3) is 0 Å². The molecule has 2 rings (SSSR count). The van der Waals surface area contributed by atoms with Gasteiger partial charge in [0, 0.05) is 20.0 Å². The Bertz CT molecular complexity index is 828. The number of amides is 1. The summed E-state index contributed by atoms with van der Waals surface area (Å²) >= 11 is 0. The molecule has 1 saturated heterocycles. The molecule has 1 N–H and O–H groups in total. The van der Waals surface area contributed by atoms with Crippen molar-refractivity contribution in [3.8, 4) is 0 Å². The Balaban J connectivity index is 1.91. The van der Waals surface area contributed by atoms with Crippen LogP contribution in [0.3, 0.4) is 0 Å². The van der Waals surface area contributed by atoms with Crippen LogP contribution < -0.4 is 5.32 Å². The monoisotopic (exact) mass is 438 g/mol. The van der Waals surface area contributed by atoms with Crippen LogP contribution in [0.4, 0.5) is 0 Å². The quantitative estimate of drug-likeness (QED) is 0.497. The number of aryl methyl sites for hydroxylation is 1. The Kier molecular flexibility index (Phi) is 8.43. The molecule has 0 radical (unpaired) electrons. The summed E-state index contributed by atoms with van der Waals surface area (Å²) in [6.45, 7) is 6.13. The molecule has 1 fully saturated rings. The zero-order valence-corrected chi connectivity index (χ0v) is 19.3. The number of nitrogens with zero attached hydrogens (tertiary/aromatic N) is 1. The lowest BCUT2D eigenvalue weighted by Crippen LogP contribution is -2.46. The highest BCUT2D eigenvalue weighted by molar-refractivity contribution is 7.89. The highest BCUT2D eigenvalue weighted by Gasteiger charge is 2.33. The first-order valence-electron chi connectivity index (χ1n) is 10.6. The van der Waals surface area contributed by atoms with E-state index in [4.69, 9.17) is 4.74 Å². The minimum atomic E-state index is -3.75. The number of hydrogen-bond acceptors (Lipinski definition) is 5. The Labute approximate surface area is 180 Å². The van der Waals surface area contributed by atoms with Gasteiger partial charge in [-0.3, -0.25) is 9.59 Å². The maximum Gasteiger partial charge on any atom is 0.306 e. The van der Waals surface area contributed by atoms with E-state index in [0.717, 1.165) is 31.2 Å². The summed E-state index contributed by atoms with van der Waals surface area (Å²) in [5, 5.41) is 2.78. The van der Waals surface area contributed by atoms with Gasteiger partial charge in [0.1, 0.15) is 11.6 Å². The number of benzene rings is 1. The van der Waals surface area contributed by atoms with Gasteiger partial charge in [-0.15, -0.1) is 0 Å². The summed E-state index contributed by atoms with van der Waals surface area (Å²) in [4.78, 5) is 24.1. The van der Waals surface area contributed by atoms with Gasteiger partial charge in [-0.05, 0) is 77.0 Å². The van der Waals surface area contributed by atoms with Crippen molar-refractivity contribution in [1.82, 2.24) is 9.62 Å². The maximum absolute atomic E-state index is 12.9. The van der Waals surface area contributed by atoms with Crippen LogP contribution in [0, 0.1) is 0 Å². The van der Waals surface area contributed by atoms with Crippen LogP contribution in [-0.4, -0.2) is 49.8 Å². The van der Waals surface area contributed by atoms with Crippen LogP contribution in [0.5, 0.6) is 0 Å². The first-order chi connectivity index (χ1) is 14.0. The van der Waals surface area contributed by atoms with Gasteiger partial charge in [0.25, 0.3) is 0 Å². The van der Waals surface area contributed by atoms with E-state index in [2.05, 4.69) is 5.32 Å². The fourth-order valence-electron chi connectivity index (χ4n) is 3.42. The number of ether oxygens (including phenoxy) is 1. The molecule has 0 saturated carbocycles. The van der Waals surface area contributed by atoms with E-state index >= 15 is 0 Å². The molecule has 1 aromatic rings. The zero-order valence-electron chi connectivity index (χ0n) is 18.4. The van der Waals surface area contributed by atoms with Crippen molar-refractivity contribution in [2.75, 3.05) is 13.6 Å². The van der Waals surface area contributed by atoms with E-state index in [0.29, 0.717) is 25.8 Å². The average Bonchev–Trinajstić information content (AvgIpc) is 2.88. The fraction of sp³-hybridized carbons (Fsp3) is 0.636. The SMILES string of the molecule is CN(C1CCCCNC1=O)S(=O)(=O)c1ccc(CCCCC(=O)OC(C)(C)C)cc1. The first kappa shape index (κ1) is 24.3. The molecule has 0 spiro atoms. The van der Waals surface area contributed by atoms with E-state index in [1.807, 2.05) is 20.8 Å². The van der Waals surface area contributed by atoms with Gasteiger partial charge < -0.3 is 10.1 Å². The highest BCUT2D eigenvalue weighted by Crippen LogP contribution is 2.21. The van der Waals surface area contributed by atoms with Gasteiger partial charge in [-0.25, -0.2) is 8.42 Å². The Hall–Kier alpha value is -1.93. The molecule has 0 bridgehead atoms. The lowest BCUT2D eigenvalue weighted by molar-refractivity contribution is -0.154. The summed E-state index contributed by atoms with van der Waals surface area (Å²) < 4.78 is 32.4. The summed E-state index contributed by atoms with van der Waals surface area (Å²) in [5.74, 6) is -0.435. The van der Waals surface area contributed by atoms with E-state index in [1.165, 1.54) is 11.4 Å². The second-order valence-electron chi connectivity index (χ2n) is 8.76. The summed E-state index contributed by atoms with van der Waals surface area (Å²) in [5.41, 5.74) is 0.538. The number of sulfonamides is 1. The highest BCUT2D eigenvalue weighted by atomic mass is 32.2. The molecule has 1 aliphatic heterocycles. The van der Waals surface area contributed by atoms with E-state index in [-0.39, 0.29) is 16.8 Å². The third-order valence-corrected chi connectivity index (χ3v) is 6.94. The molecular formula is C22H34N2O5S. The average molecular weight is 439 g/mol. The normalized spacial score (nSPS) is 18.0. The van der Waals surface area contributed by atoms with Gasteiger partial charge >= 0.3 is 5.97 Å². The second kappa shape index (κ2) is 10.4. The molecule has 1 unspecified atom stereocenters. The predicted molar refractivity (Wildman–Crippen MR) is 115 cm³/mol. The summed E-state index contributed by atoms with van der Waals surface area (Å²) in [6, 6.07) is 6.08. The van der Waals surface area contributed by atoms with Crippen molar-refractivity contribution in [2.24, 2.45) is 0 Å². The number of unbranched alkanes of at least 4 members (excludes halogenated alkanes) is 1.